The fourth-order valence-corrected chi connectivity index (χ4v) is 1.10. The van der Waals surface area contributed by atoms with Crippen molar-refractivity contribution in [1.29, 1.82) is 0 Å². The smallest absolute Gasteiger partial charge is 0.117 e. The number of rotatable bonds is 8. The predicted molar refractivity (Wildman–Crippen MR) is 55.2 cm³/mol. The Morgan fingerprint density at radius 1 is 1.29 bits per heavy atom. The van der Waals surface area contributed by atoms with Crippen LogP contribution in [0.3, 0.4) is 0 Å². The average Bonchev–Trinajstić information content (AvgIpc) is 2.69. The number of methoxy groups -OCH3 is 1. The molecular formula is C10H18N2O2. The Labute approximate surface area is 84.6 Å². The molecule has 1 heterocycles. The van der Waals surface area contributed by atoms with Crippen molar-refractivity contribution in [3.63, 3.8) is 0 Å². The first-order valence-corrected chi connectivity index (χ1v) is 4.86. The molecule has 1 aromatic heterocycles. The van der Waals surface area contributed by atoms with Crippen molar-refractivity contribution in [2.24, 2.45) is 0 Å². The van der Waals surface area contributed by atoms with Gasteiger partial charge in [0, 0.05) is 26.7 Å². The minimum atomic E-state index is 0.762. The van der Waals surface area contributed by atoms with Gasteiger partial charge in [0.15, 0.2) is 0 Å². The van der Waals surface area contributed by atoms with E-state index in [4.69, 9.17) is 9.15 Å². The Hall–Kier alpha value is -0.840. The molecule has 80 valence electrons. The Morgan fingerprint density at radius 2 is 2.14 bits per heavy atom. The lowest BCUT2D eigenvalue weighted by atomic mass is 10.4. The Morgan fingerprint density at radius 3 is 2.86 bits per heavy atom. The maximum atomic E-state index is 5.18. The molecular weight excluding hydrogens is 180 g/mol. The Bertz CT molecular complexity index is 212. The lowest BCUT2D eigenvalue weighted by Gasteiger charge is -2.04. The lowest BCUT2D eigenvalue weighted by molar-refractivity contribution is 0.199. The standard InChI is InChI=1S/C10H18N2O2/c1-13-8-6-11-4-5-12-9-10-3-2-7-14-10/h2-3,7,11-12H,4-6,8-9H2,1H3. The summed E-state index contributed by atoms with van der Waals surface area (Å²) >= 11 is 0. The minimum absolute atomic E-state index is 0.762. The van der Waals surface area contributed by atoms with E-state index >= 15 is 0 Å². The fraction of sp³-hybridized carbons (Fsp3) is 0.600. The van der Waals surface area contributed by atoms with E-state index in [2.05, 4.69) is 10.6 Å². The molecule has 0 aromatic carbocycles. The molecule has 14 heavy (non-hydrogen) atoms. The van der Waals surface area contributed by atoms with Crippen LogP contribution in [0, 0.1) is 0 Å². The highest BCUT2D eigenvalue weighted by atomic mass is 16.5. The summed E-state index contributed by atoms with van der Waals surface area (Å²) < 4.78 is 10.1. The Balaban J connectivity index is 1.85. The second kappa shape index (κ2) is 7.55. The molecule has 0 aliphatic carbocycles. The monoisotopic (exact) mass is 198 g/mol. The molecule has 0 aliphatic heterocycles. The predicted octanol–water partition coefficient (Wildman–Crippen LogP) is 0.605. The minimum Gasteiger partial charge on any atom is -0.468 e. The van der Waals surface area contributed by atoms with E-state index in [1.807, 2.05) is 12.1 Å². The van der Waals surface area contributed by atoms with Crippen LogP contribution in [0.5, 0.6) is 0 Å². The molecule has 1 rings (SSSR count). The van der Waals surface area contributed by atoms with Crippen molar-refractivity contribution in [3.05, 3.63) is 24.2 Å². The fourth-order valence-electron chi connectivity index (χ4n) is 1.10. The molecule has 0 saturated heterocycles. The van der Waals surface area contributed by atoms with E-state index < -0.39 is 0 Å². The molecule has 0 spiro atoms. The highest BCUT2D eigenvalue weighted by molar-refractivity contribution is 4.97. The van der Waals surface area contributed by atoms with E-state index in [9.17, 15) is 0 Å². The van der Waals surface area contributed by atoms with Gasteiger partial charge in [0.2, 0.25) is 0 Å². The first-order valence-electron chi connectivity index (χ1n) is 4.86. The van der Waals surface area contributed by atoms with Crippen LogP contribution in [0.4, 0.5) is 0 Å². The summed E-state index contributed by atoms with van der Waals surface area (Å²) in [5, 5.41) is 6.52. The Kier molecular flexibility index (Phi) is 6.06. The topological polar surface area (TPSA) is 46.4 Å². The molecule has 0 atom stereocenters. The molecule has 2 N–H and O–H groups in total. The van der Waals surface area contributed by atoms with E-state index in [-0.39, 0.29) is 0 Å². The van der Waals surface area contributed by atoms with Crippen molar-refractivity contribution >= 4 is 0 Å². The molecule has 0 unspecified atom stereocenters. The van der Waals surface area contributed by atoms with Crippen LogP contribution in [-0.2, 0) is 11.3 Å². The van der Waals surface area contributed by atoms with E-state index in [0.717, 1.165) is 38.5 Å². The van der Waals surface area contributed by atoms with Gasteiger partial charge in [-0.3, -0.25) is 0 Å². The maximum Gasteiger partial charge on any atom is 0.117 e. The molecule has 0 radical (unpaired) electrons. The second-order valence-electron chi connectivity index (χ2n) is 3.00. The number of hydrogen-bond donors (Lipinski definition) is 2. The molecule has 0 aliphatic rings. The highest BCUT2D eigenvalue weighted by Crippen LogP contribution is 1.97. The van der Waals surface area contributed by atoms with E-state index in [1.54, 1.807) is 13.4 Å². The van der Waals surface area contributed by atoms with Gasteiger partial charge in [0.05, 0.1) is 19.4 Å². The number of ether oxygens (including phenoxy) is 1. The van der Waals surface area contributed by atoms with Gasteiger partial charge in [0.25, 0.3) is 0 Å². The first kappa shape index (κ1) is 11.2. The summed E-state index contributed by atoms with van der Waals surface area (Å²) in [6.45, 7) is 4.34. The third-order valence-corrected chi connectivity index (χ3v) is 1.84. The summed E-state index contributed by atoms with van der Waals surface area (Å²) in [5.74, 6) is 0.974. The van der Waals surface area contributed by atoms with Crippen LogP contribution in [-0.4, -0.2) is 33.4 Å². The number of furan rings is 1. The van der Waals surface area contributed by atoms with Crippen LogP contribution in [0.2, 0.25) is 0 Å². The molecule has 4 nitrogen and oxygen atoms in total. The first-order chi connectivity index (χ1) is 6.93. The third-order valence-electron chi connectivity index (χ3n) is 1.84. The zero-order valence-electron chi connectivity index (χ0n) is 8.58. The lowest BCUT2D eigenvalue weighted by Crippen LogP contribution is -2.29. The summed E-state index contributed by atoms with van der Waals surface area (Å²) in [6, 6.07) is 3.86. The van der Waals surface area contributed by atoms with Crippen LogP contribution in [0.25, 0.3) is 0 Å². The molecule has 0 bridgehead atoms. The van der Waals surface area contributed by atoms with Crippen molar-refractivity contribution in [2.75, 3.05) is 33.4 Å². The van der Waals surface area contributed by atoms with Crippen LogP contribution in [0.1, 0.15) is 5.76 Å². The van der Waals surface area contributed by atoms with Gasteiger partial charge >= 0.3 is 0 Å². The average molecular weight is 198 g/mol. The van der Waals surface area contributed by atoms with Gasteiger partial charge in [-0.25, -0.2) is 0 Å². The zero-order valence-corrected chi connectivity index (χ0v) is 8.58. The van der Waals surface area contributed by atoms with Gasteiger partial charge < -0.3 is 19.8 Å². The second-order valence-corrected chi connectivity index (χ2v) is 3.00. The van der Waals surface area contributed by atoms with Crippen molar-refractivity contribution in [2.45, 2.75) is 6.54 Å². The highest BCUT2D eigenvalue weighted by Gasteiger charge is 1.93. The van der Waals surface area contributed by atoms with E-state index in [1.165, 1.54) is 0 Å². The van der Waals surface area contributed by atoms with Gasteiger partial charge in [-0.05, 0) is 12.1 Å². The van der Waals surface area contributed by atoms with Gasteiger partial charge in [-0.1, -0.05) is 0 Å². The van der Waals surface area contributed by atoms with Crippen molar-refractivity contribution in [3.8, 4) is 0 Å². The summed E-state index contributed by atoms with van der Waals surface area (Å²) in [7, 11) is 1.71. The van der Waals surface area contributed by atoms with Gasteiger partial charge in [-0.15, -0.1) is 0 Å². The van der Waals surface area contributed by atoms with E-state index in [0.29, 0.717) is 0 Å². The normalized spacial score (nSPS) is 10.6. The van der Waals surface area contributed by atoms with Crippen LogP contribution >= 0.6 is 0 Å². The maximum absolute atomic E-state index is 5.18. The molecule has 0 fully saturated rings. The SMILES string of the molecule is COCCNCCNCc1ccco1. The van der Waals surface area contributed by atoms with Crippen LogP contribution in [0.15, 0.2) is 22.8 Å². The quantitative estimate of drug-likeness (QED) is 0.601. The largest absolute Gasteiger partial charge is 0.468 e. The third kappa shape index (κ3) is 5.01. The van der Waals surface area contributed by atoms with Crippen molar-refractivity contribution in [1.82, 2.24) is 10.6 Å². The zero-order chi connectivity index (χ0) is 10.1. The van der Waals surface area contributed by atoms with Crippen LogP contribution < -0.4 is 10.6 Å². The number of nitrogens with one attached hydrogen (secondary N) is 2. The molecule has 0 saturated carbocycles. The number of hydrogen-bond acceptors (Lipinski definition) is 4. The van der Waals surface area contributed by atoms with Gasteiger partial charge in [-0.2, -0.15) is 0 Å². The van der Waals surface area contributed by atoms with Crippen molar-refractivity contribution < 1.29 is 9.15 Å². The summed E-state index contributed by atoms with van der Waals surface area (Å²) in [4.78, 5) is 0. The molecule has 4 heteroatoms. The summed E-state index contributed by atoms with van der Waals surface area (Å²) in [5.41, 5.74) is 0. The summed E-state index contributed by atoms with van der Waals surface area (Å²) in [6.07, 6.45) is 1.69. The van der Waals surface area contributed by atoms with Gasteiger partial charge in [0.1, 0.15) is 5.76 Å². The molecule has 0 amide bonds. The molecule has 1 aromatic rings.